The number of rotatable bonds is 5. The predicted octanol–water partition coefficient (Wildman–Crippen LogP) is 4.22. The van der Waals surface area contributed by atoms with E-state index in [1.807, 2.05) is 50.2 Å². The van der Waals surface area contributed by atoms with Gasteiger partial charge in [-0.25, -0.2) is 4.39 Å². The van der Waals surface area contributed by atoms with Crippen molar-refractivity contribution < 1.29 is 23.5 Å². The number of carbonyl (C=O) groups is 3. The quantitative estimate of drug-likeness (QED) is 0.476. The van der Waals surface area contributed by atoms with Crippen LogP contribution in [0.4, 0.5) is 10.1 Å². The Morgan fingerprint density at radius 2 is 1.70 bits per heavy atom. The van der Waals surface area contributed by atoms with E-state index in [0.717, 1.165) is 11.1 Å². The number of anilines is 1. The maximum absolute atomic E-state index is 14.9. The lowest BCUT2D eigenvalue weighted by Gasteiger charge is -2.42. The molecule has 1 spiro atoms. The van der Waals surface area contributed by atoms with E-state index in [1.54, 1.807) is 42.5 Å². The molecule has 40 heavy (non-hydrogen) atoms. The maximum atomic E-state index is 14.9. The first-order chi connectivity index (χ1) is 19.3. The molecule has 3 aromatic rings. The molecule has 2 bridgehead atoms. The van der Waals surface area contributed by atoms with Crippen LogP contribution in [0.1, 0.15) is 28.3 Å². The van der Waals surface area contributed by atoms with Gasteiger partial charge in [0.05, 0.1) is 24.5 Å². The Bertz CT molecular complexity index is 1500. The number of carbonyl (C=O) groups excluding carboxylic acids is 3. The van der Waals surface area contributed by atoms with Gasteiger partial charge < -0.3 is 20.3 Å². The van der Waals surface area contributed by atoms with Crippen molar-refractivity contribution in [2.24, 2.45) is 11.8 Å². The van der Waals surface area contributed by atoms with Gasteiger partial charge in [-0.2, -0.15) is 0 Å². The Morgan fingerprint density at radius 1 is 1.02 bits per heavy atom. The number of fused-ring (bicyclic) bond motifs is 1. The predicted molar refractivity (Wildman–Crippen MR) is 147 cm³/mol. The monoisotopic (exact) mass is 539 g/mol. The Hall–Kier alpha value is -4.30. The summed E-state index contributed by atoms with van der Waals surface area (Å²) in [4.78, 5) is 43.4. The molecule has 3 amide bonds. The molecule has 6 rings (SSSR count). The van der Waals surface area contributed by atoms with Gasteiger partial charge in [-0.3, -0.25) is 14.4 Å². The third kappa shape index (κ3) is 4.48. The summed E-state index contributed by atoms with van der Waals surface area (Å²) in [6, 6.07) is 19.9. The molecule has 8 heteroatoms. The summed E-state index contributed by atoms with van der Waals surface area (Å²) >= 11 is 0. The lowest BCUT2D eigenvalue weighted by Crippen LogP contribution is -2.59. The molecule has 3 aliphatic heterocycles. The molecule has 0 aliphatic carbocycles. The summed E-state index contributed by atoms with van der Waals surface area (Å²) in [6.45, 7) is 3.79. The number of halogens is 1. The van der Waals surface area contributed by atoms with Gasteiger partial charge in [0.2, 0.25) is 17.7 Å². The van der Waals surface area contributed by atoms with Gasteiger partial charge in [-0.05, 0) is 37.6 Å². The number of nitrogens with one attached hydrogen (secondary N) is 2. The molecule has 3 aliphatic rings. The van der Waals surface area contributed by atoms with Crippen LogP contribution in [0.15, 0.2) is 84.9 Å². The zero-order valence-corrected chi connectivity index (χ0v) is 22.3. The van der Waals surface area contributed by atoms with Gasteiger partial charge in [0, 0.05) is 17.8 Å². The fraction of sp³-hybridized carbons (Fsp3) is 0.281. The third-order valence-corrected chi connectivity index (χ3v) is 8.12. The second-order valence-electron chi connectivity index (χ2n) is 10.8. The van der Waals surface area contributed by atoms with E-state index in [1.165, 1.54) is 11.0 Å². The van der Waals surface area contributed by atoms with Gasteiger partial charge in [-0.15, -0.1) is 0 Å². The normalized spacial score (nSPS) is 27.1. The first-order valence-electron chi connectivity index (χ1n) is 13.4. The van der Waals surface area contributed by atoms with Crippen molar-refractivity contribution in [1.82, 2.24) is 10.2 Å². The highest BCUT2D eigenvalue weighted by atomic mass is 19.1. The molecule has 2 fully saturated rings. The van der Waals surface area contributed by atoms with Crippen LogP contribution in [-0.4, -0.2) is 40.9 Å². The second kappa shape index (κ2) is 10.0. The molecule has 3 heterocycles. The zero-order chi connectivity index (χ0) is 28.0. The highest BCUT2D eigenvalue weighted by Crippen LogP contribution is 2.50. The van der Waals surface area contributed by atoms with Gasteiger partial charge >= 0.3 is 0 Å². The number of hydrogen-bond donors (Lipinski definition) is 2. The molecule has 0 unspecified atom stereocenters. The summed E-state index contributed by atoms with van der Waals surface area (Å²) in [6.07, 6.45) is 2.93. The van der Waals surface area contributed by atoms with E-state index in [4.69, 9.17) is 4.74 Å². The minimum absolute atomic E-state index is 0.0411. The van der Waals surface area contributed by atoms with Crippen LogP contribution in [-0.2, 0) is 25.7 Å². The van der Waals surface area contributed by atoms with Crippen molar-refractivity contribution in [3.05, 3.63) is 113 Å². The van der Waals surface area contributed by atoms with Crippen LogP contribution in [0.5, 0.6) is 0 Å². The number of nitrogens with zero attached hydrogens (tertiary/aromatic N) is 1. The Kier molecular flexibility index (Phi) is 6.50. The van der Waals surface area contributed by atoms with Crippen LogP contribution in [0.3, 0.4) is 0 Å². The number of benzene rings is 3. The smallest absolute Gasteiger partial charge is 0.247 e. The fourth-order valence-corrected chi connectivity index (χ4v) is 6.02. The van der Waals surface area contributed by atoms with Crippen LogP contribution < -0.4 is 10.6 Å². The van der Waals surface area contributed by atoms with E-state index in [2.05, 4.69) is 10.6 Å². The third-order valence-electron chi connectivity index (χ3n) is 8.12. The average Bonchev–Trinajstić information content (AvgIpc) is 3.51. The largest absolute Gasteiger partial charge is 0.360 e. The first kappa shape index (κ1) is 26.0. The SMILES string of the molecule is Cc1ccc(NC(=O)[C@@H]2[C@H]3C=C[C@@]4(CNC(=O)[C@@H](c5ccc(C)cc5)N(Cc5ccccc5F)C(=O)[C@@H]24)O3)cc1. The van der Waals surface area contributed by atoms with Crippen LogP contribution in [0.2, 0.25) is 0 Å². The van der Waals surface area contributed by atoms with Gasteiger partial charge in [0.1, 0.15) is 17.5 Å². The van der Waals surface area contributed by atoms with E-state index < -0.39 is 47.2 Å². The lowest BCUT2D eigenvalue weighted by molar-refractivity contribution is -0.153. The molecule has 7 nitrogen and oxygen atoms in total. The topological polar surface area (TPSA) is 87.7 Å². The van der Waals surface area contributed by atoms with Gasteiger partial charge in [-0.1, -0.05) is 77.9 Å². The molecule has 0 aromatic heterocycles. The molecular formula is C32H30FN3O4. The molecule has 0 saturated carbocycles. The summed E-state index contributed by atoms with van der Waals surface area (Å²) in [5.41, 5.74) is 2.36. The summed E-state index contributed by atoms with van der Waals surface area (Å²) < 4.78 is 21.2. The number of hydrogen-bond acceptors (Lipinski definition) is 4. The van der Waals surface area contributed by atoms with Crippen LogP contribution >= 0.6 is 0 Å². The van der Waals surface area contributed by atoms with Crippen molar-refractivity contribution >= 4 is 23.4 Å². The standard InChI is InChI=1S/C32H30FN3O4/c1-19-7-11-21(12-8-19)28-30(38)34-18-32-16-15-25(40-32)26(29(37)35-23-13-9-20(2)10-14-23)27(32)31(39)36(28)17-22-5-3-4-6-24(22)33/h3-16,25-28H,17-18H2,1-2H3,(H,34,38)(H,35,37)/t25-,26-,27-,28-,32+/m1/s1. The molecule has 5 atom stereocenters. The number of amides is 3. The number of ether oxygens (including phenoxy) is 1. The minimum Gasteiger partial charge on any atom is -0.360 e. The Balaban J connectivity index is 1.42. The van der Waals surface area contributed by atoms with E-state index in [0.29, 0.717) is 11.3 Å². The fourth-order valence-electron chi connectivity index (χ4n) is 6.02. The first-order valence-corrected chi connectivity index (χ1v) is 13.4. The lowest BCUT2D eigenvalue weighted by atomic mass is 9.73. The van der Waals surface area contributed by atoms with Crippen molar-refractivity contribution in [3.63, 3.8) is 0 Å². The van der Waals surface area contributed by atoms with Gasteiger partial charge in [0.15, 0.2) is 0 Å². The summed E-state index contributed by atoms with van der Waals surface area (Å²) in [5.74, 6) is -3.41. The number of aryl methyl sites for hydroxylation is 2. The molecule has 204 valence electrons. The van der Waals surface area contributed by atoms with Gasteiger partial charge in [0.25, 0.3) is 0 Å². The molecule has 2 N–H and O–H groups in total. The van der Waals surface area contributed by atoms with E-state index in [-0.39, 0.29) is 24.6 Å². The van der Waals surface area contributed by atoms with E-state index in [9.17, 15) is 18.8 Å². The van der Waals surface area contributed by atoms with E-state index >= 15 is 0 Å². The molecule has 2 saturated heterocycles. The Labute approximate surface area is 232 Å². The Morgan fingerprint density at radius 3 is 2.40 bits per heavy atom. The molecule has 3 aromatic carbocycles. The van der Waals surface area contributed by atoms with Crippen molar-refractivity contribution in [3.8, 4) is 0 Å². The second-order valence-corrected chi connectivity index (χ2v) is 10.8. The van der Waals surface area contributed by atoms with Crippen molar-refractivity contribution in [2.45, 2.75) is 38.1 Å². The average molecular weight is 540 g/mol. The van der Waals surface area contributed by atoms with Crippen molar-refractivity contribution in [2.75, 3.05) is 11.9 Å². The van der Waals surface area contributed by atoms with Crippen molar-refractivity contribution in [1.29, 1.82) is 0 Å². The highest BCUT2D eigenvalue weighted by Gasteiger charge is 2.64. The molecular weight excluding hydrogens is 509 g/mol. The zero-order valence-electron chi connectivity index (χ0n) is 22.3. The minimum atomic E-state index is -1.18. The maximum Gasteiger partial charge on any atom is 0.247 e. The molecule has 0 radical (unpaired) electrons. The summed E-state index contributed by atoms with van der Waals surface area (Å²) in [5, 5.41) is 5.91. The van der Waals surface area contributed by atoms with Crippen LogP contribution in [0, 0.1) is 31.5 Å². The van der Waals surface area contributed by atoms with Crippen LogP contribution in [0.25, 0.3) is 0 Å². The highest BCUT2D eigenvalue weighted by molar-refractivity contribution is 6.00. The summed E-state index contributed by atoms with van der Waals surface area (Å²) in [7, 11) is 0.